The van der Waals surface area contributed by atoms with E-state index in [0.717, 1.165) is 37.8 Å². The van der Waals surface area contributed by atoms with Crippen molar-refractivity contribution in [1.82, 2.24) is 5.32 Å². The van der Waals surface area contributed by atoms with Gasteiger partial charge in [-0.1, -0.05) is 37.5 Å². The standard InChI is InChI=1S/C18H22F3NO3/c1-2-3-4-5-6-7-12-15(17(24)25)22-16(23)13-10-8-9-11-14(13)18(19,20)21/h2,8-11,15H,1,3-7,12H2,(H,22,23)(H,24,25)/t15-/m1/s1. The summed E-state index contributed by atoms with van der Waals surface area (Å²) in [5.74, 6) is -2.30. The van der Waals surface area contributed by atoms with Gasteiger partial charge in [0.2, 0.25) is 0 Å². The SMILES string of the molecule is C=CCCCCCC[C@@H](NC(=O)c1ccccc1C(F)(F)F)C(=O)O. The number of aliphatic carboxylic acids is 1. The molecule has 138 valence electrons. The van der Waals surface area contributed by atoms with Gasteiger partial charge in [0.15, 0.2) is 0 Å². The van der Waals surface area contributed by atoms with Crippen LogP contribution in [-0.2, 0) is 11.0 Å². The van der Waals surface area contributed by atoms with E-state index in [1.54, 1.807) is 6.08 Å². The minimum Gasteiger partial charge on any atom is -0.480 e. The largest absolute Gasteiger partial charge is 0.480 e. The fourth-order valence-corrected chi connectivity index (χ4v) is 2.41. The first-order valence-corrected chi connectivity index (χ1v) is 8.08. The molecule has 0 bridgehead atoms. The number of carboxylic acids is 1. The van der Waals surface area contributed by atoms with E-state index < -0.39 is 35.2 Å². The molecule has 1 aromatic carbocycles. The number of unbranched alkanes of at least 4 members (excludes halogenated alkanes) is 4. The minimum absolute atomic E-state index is 0.170. The van der Waals surface area contributed by atoms with Crippen molar-refractivity contribution in [3.8, 4) is 0 Å². The Labute approximate surface area is 144 Å². The topological polar surface area (TPSA) is 66.4 Å². The maximum Gasteiger partial charge on any atom is 0.417 e. The molecular weight excluding hydrogens is 335 g/mol. The number of allylic oxidation sites excluding steroid dienone is 1. The summed E-state index contributed by atoms with van der Waals surface area (Å²) in [6.45, 7) is 3.61. The van der Waals surface area contributed by atoms with E-state index in [-0.39, 0.29) is 6.42 Å². The molecular formula is C18H22F3NO3. The summed E-state index contributed by atoms with van der Waals surface area (Å²) in [6.07, 6.45) is 1.38. The Balaban J connectivity index is 2.68. The molecule has 1 amide bonds. The Morgan fingerprint density at radius 3 is 2.40 bits per heavy atom. The lowest BCUT2D eigenvalue weighted by molar-refractivity contribution is -0.139. The van der Waals surface area contributed by atoms with E-state index in [4.69, 9.17) is 0 Å². The van der Waals surface area contributed by atoms with Crippen LogP contribution in [0.25, 0.3) is 0 Å². The lowest BCUT2D eigenvalue weighted by atomic mass is 10.0. The van der Waals surface area contributed by atoms with Gasteiger partial charge in [-0.15, -0.1) is 6.58 Å². The number of hydrogen-bond donors (Lipinski definition) is 2. The molecule has 0 spiro atoms. The zero-order valence-corrected chi connectivity index (χ0v) is 13.8. The highest BCUT2D eigenvalue weighted by Crippen LogP contribution is 2.31. The molecule has 4 nitrogen and oxygen atoms in total. The zero-order valence-electron chi connectivity index (χ0n) is 13.8. The first kappa shape index (κ1) is 20.7. The van der Waals surface area contributed by atoms with Crippen LogP contribution in [0.2, 0.25) is 0 Å². The molecule has 0 aliphatic heterocycles. The van der Waals surface area contributed by atoms with Gasteiger partial charge in [-0.05, 0) is 31.4 Å². The van der Waals surface area contributed by atoms with Crippen LogP contribution in [0.1, 0.15) is 54.4 Å². The predicted octanol–water partition coefficient (Wildman–Crippen LogP) is 4.42. The van der Waals surface area contributed by atoms with Gasteiger partial charge >= 0.3 is 12.1 Å². The molecule has 1 atom stereocenters. The third kappa shape index (κ3) is 6.99. The number of alkyl halides is 3. The number of carbonyl (C=O) groups excluding carboxylic acids is 1. The minimum atomic E-state index is -4.68. The van der Waals surface area contributed by atoms with Crippen LogP contribution in [-0.4, -0.2) is 23.0 Å². The number of carbonyl (C=O) groups is 2. The molecule has 0 heterocycles. The van der Waals surface area contributed by atoms with Gasteiger partial charge in [-0.3, -0.25) is 4.79 Å². The summed E-state index contributed by atoms with van der Waals surface area (Å²) in [7, 11) is 0. The van der Waals surface area contributed by atoms with Crippen molar-refractivity contribution in [2.45, 2.75) is 50.7 Å². The monoisotopic (exact) mass is 357 g/mol. The summed E-state index contributed by atoms with van der Waals surface area (Å²) in [5, 5.41) is 11.4. The second-order valence-corrected chi connectivity index (χ2v) is 5.69. The van der Waals surface area contributed by atoms with Crippen molar-refractivity contribution in [1.29, 1.82) is 0 Å². The summed E-state index contributed by atoms with van der Waals surface area (Å²) < 4.78 is 38.9. The van der Waals surface area contributed by atoms with Crippen LogP contribution < -0.4 is 5.32 Å². The highest BCUT2D eigenvalue weighted by Gasteiger charge is 2.35. The Morgan fingerprint density at radius 1 is 1.16 bits per heavy atom. The molecule has 1 rings (SSSR count). The highest BCUT2D eigenvalue weighted by molar-refractivity contribution is 5.98. The second kappa shape index (κ2) is 9.86. The maximum atomic E-state index is 13.0. The number of halogens is 3. The second-order valence-electron chi connectivity index (χ2n) is 5.69. The lowest BCUT2D eigenvalue weighted by Crippen LogP contribution is -2.41. The lowest BCUT2D eigenvalue weighted by Gasteiger charge is -2.17. The summed E-state index contributed by atoms with van der Waals surface area (Å²) in [6, 6.07) is 3.10. The molecule has 0 fully saturated rings. The maximum absolute atomic E-state index is 13.0. The van der Waals surface area contributed by atoms with E-state index >= 15 is 0 Å². The average molecular weight is 357 g/mol. The Kier molecular flexibility index (Phi) is 8.18. The van der Waals surface area contributed by atoms with Gasteiger partial charge in [-0.25, -0.2) is 4.79 Å². The molecule has 7 heteroatoms. The first-order valence-electron chi connectivity index (χ1n) is 8.08. The van der Waals surface area contributed by atoms with E-state index in [1.165, 1.54) is 12.1 Å². The van der Waals surface area contributed by atoms with Crippen LogP contribution >= 0.6 is 0 Å². The highest BCUT2D eigenvalue weighted by atomic mass is 19.4. The van der Waals surface area contributed by atoms with Crippen LogP contribution in [0.5, 0.6) is 0 Å². The fourth-order valence-electron chi connectivity index (χ4n) is 2.41. The molecule has 25 heavy (non-hydrogen) atoms. The average Bonchev–Trinajstić information content (AvgIpc) is 2.55. The Morgan fingerprint density at radius 2 is 1.80 bits per heavy atom. The number of nitrogens with one attached hydrogen (secondary N) is 1. The third-order valence-corrected chi connectivity index (χ3v) is 3.73. The van der Waals surface area contributed by atoms with Gasteiger partial charge < -0.3 is 10.4 Å². The van der Waals surface area contributed by atoms with Crippen LogP contribution in [0.15, 0.2) is 36.9 Å². The number of hydrogen-bond acceptors (Lipinski definition) is 2. The van der Waals surface area contributed by atoms with E-state index in [0.29, 0.717) is 6.42 Å². The van der Waals surface area contributed by atoms with E-state index in [9.17, 15) is 27.9 Å². The van der Waals surface area contributed by atoms with Crippen molar-refractivity contribution in [2.24, 2.45) is 0 Å². The van der Waals surface area contributed by atoms with Crippen molar-refractivity contribution < 1.29 is 27.9 Å². The molecule has 0 saturated heterocycles. The number of rotatable bonds is 10. The third-order valence-electron chi connectivity index (χ3n) is 3.73. The zero-order chi connectivity index (χ0) is 18.9. The van der Waals surface area contributed by atoms with Crippen molar-refractivity contribution in [3.63, 3.8) is 0 Å². The number of amides is 1. The van der Waals surface area contributed by atoms with E-state index in [1.807, 2.05) is 0 Å². The summed E-state index contributed by atoms with van der Waals surface area (Å²) in [5.41, 5.74) is -1.66. The Hall–Kier alpha value is -2.31. The van der Waals surface area contributed by atoms with Crippen LogP contribution in [0.4, 0.5) is 13.2 Å². The number of carboxylic acid groups (broad SMARTS) is 1. The first-order chi connectivity index (χ1) is 11.8. The fraction of sp³-hybridized carbons (Fsp3) is 0.444. The molecule has 0 aromatic heterocycles. The summed E-state index contributed by atoms with van der Waals surface area (Å²) >= 11 is 0. The summed E-state index contributed by atoms with van der Waals surface area (Å²) in [4.78, 5) is 23.4. The quantitative estimate of drug-likeness (QED) is 0.481. The van der Waals surface area contributed by atoms with Gasteiger partial charge in [0.25, 0.3) is 5.91 Å². The van der Waals surface area contributed by atoms with Gasteiger partial charge in [0.1, 0.15) is 6.04 Å². The molecule has 2 N–H and O–H groups in total. The van der Waals surface area contributed by atoms with Crippen molar-refractivity contribution in [3.05, 3.63) is 48.0 Å². The van der Waals surface area contributed by atoms with Gasteiger partial charge in [0.05, 0.1) is 11.1 Å². The number of benzene rings is 1. The van der Waals surface area contributed by atoms with Crippen molar-refractivity contribution in [2.75, 3.05) is 0 Å². The van der Waals surface area contributed by atoms with Gasteiger partial charge in [0, 0.05) is 0 Å². The molecule has 0 unspecified atom stereocenters. The molecule has 0 aliphatic carbocycles. The van der Waals surface area contributed by atoms with Gasteiger partial charge in [-0.2, -0.15) is 13.2 Å². The molecule has 0 aliphatic rings. The smallest absolute Gasteiger partial charge is 0.417 e. The normalized spacial score (nSPS) is 12.4. The van der Waals surface area contributed by atoms with E-state index in [2.05, 4.69) is 11.9 Å². The van der Waals surface area contributed by atoms with Crippen molar-refractivity contribution >= 4 is 11.9 Å². The molecule has 0 radical (unpaired) electrons. The molecule has 1 aromatic rings. The Bertz CT molecular complexity index is 599. The van der Waals surface area contributed by atoms with Crippen LogP contribution in [0, 0.1) is 0 Å². The predicted molar refractivity (Wildman–Crippen MR) is 88.2 cm³/mol. The molecule has 0 saturated carbocycles. The van der Waals surface area contributed by atoms with Crippen LogP contribution in [0.3, 0.4) is 0 Å².